The van der Waals surface area contributed by atoms with Crippen LogP contribution in [0.4, 0.5) is 14.5 Å². The van der Waals surface area contributed by atoms with Gasteiger partial charge in [0.2, 0.25) is 5.91 Å². The summed E-state index contributed by atoms with van der Waals surface area (Å²) < 4.78 is 39.3. The van der Waals surface area contributed by atoms with Gasteiger partial charge < -0.3 is 19.5 Å². The number of carbonyl (C=O) groups excluding carboxylic acids is 1. The van der Waals surface area contributed by atoms with Crippen LogP contribution >= 0.6 is 11.6 Å². The molecule has 0 radical (unpaired) electrons. The Morgan fingerprint density at radius 3 is 2.44 bits per heavy atom. The average Bonchev–Trinajstić information content (AvgIpc) is 2.63. The Morgan fingerprint density at radius 2 is 1.81 bits per heavy atom. The third kappa shape index (κ3) is 5.59. The molecule has 0 fully saturated rings. The molecular formula is C19H18ClF2NO4. The molecule has 1 amide bonds. The number of aryl methyl sites for hydroxylation is 1. The molecule has 0 aliphatic carbocycles. The van der Waals surface area contributed by atoms with Crippen LogP contribution in [-0.4, -0.2) is 26.7 Å². The van der Waals surface area contributed by atoms with E-state index < -0.39 is 12.5 Å². The number of nitrogens with one attached hydrogen (secondary N) is 1. The zero-order valence-electron chi connectivity index (χ0n) is 14.9. The molecule has 0 aliphatic heterocycles. The second-order valence-corrected chi connectivity index (χ2v) is 5.82. The standard InChI is InChI=1S/C19H18ClF2NO4/c1-11-8-14(16(25-2)10-13(11)20)23-18(24)7-5-12-4-6-15(27-19(21)22)17(9-12)26-3/h4-10,19H,1-3H3,(H,23,24)/b7-5+. The van der Waals surface area contributed by atoms with Gasteiger partial charge in [-0.2, -0.15) is 8.78 Å². The van der Waals surface area contributed by atoms with E-state index in [1.165, 1.54) is 44.6 Å². The Bertz CT molecular complexity index is 856. The van der Waals surface area contributed by atoms with Gasteiger partial charge in [0, 0.05) is 17.2 Å². The van der Waals surface area contributed by atoms with Crippen LogP contribution in [0, 0.1) is 6.92 Å². The van der Waals surface area contributed by atoms with Gasteiger partial charge in [0.15, 0.2) is 11.5 Å². The van der Waals surface area contributed by atoms with Crippen molar-refractivity contribution in [1.29, 1.82) is 0 Å². The quantitative estimate of drug-likeness (QED) is 0.674. The number of anilines is 1. The van der Waals surface area contributed by atoms with Crippen LogP contribution in [0.25, 0.3) is 6.08 Å². The zero-order chi connectivity index (χ0) is 20.0. The number of alkyl halides is 2. The van der Waals surface area contributed by atoms with Crippen molar-refractivity contribution in [3.8, 4) is 17.2 Å². The van der Waals surface area contributed by atoms with Gasteiger partial charge in [-0.3, -0.25) is 4.79 Å². The number of benzene rings is 2. The molecule has 2 aromatic carbocycles. The summed E-state index contributed by atoms with van der Waals surface area (Å²) in [7, 11) is 2.81. The summed E-state index contributed by atoms with van der Waals surface area (Å²) in [5.41, 5.74) is 1.84. The first kappa shape index (κ1) is 20.5. The predicted molar refractivity (Wildman–Crippen MR) is 100 cm³/mol. The third-order valence-corrected chi connectivity index (χ3v) is 3.98. The molecule has 0 heterocycles. The predicted octanol–water partition coefficient (Wildman–Crippen LogP) is 4.92. The zero-order valence-corrected chi connectivity index (χ0v) is 15.6. The summed E-state index contributed by atoms with van der Waals surface area (Å²) in [5, 5.41) is 3.23. The van der Waals surface area contributed by atoms with E-state index in [0.29, 0.717) is 22.0 Å². The maximum absolute atomic E-state index is 12.4. The molecule has 8 heteroatoms. The Kier molecular flexibility index (Phi) is 7.01. The van der Waals surface area contributed by atoms with Crippen molar-refractivity contribution in [2.45, 2.75) is 13.5 Å². The van der Waals surface area contributed by atoms with E-state index in [4.69, 9.17) is 21.1 Å². The van der Waals surface area contributed by atoms with E-state index in [-0.39, 0.29) is 11.5 Å². The molecule has 0 bridgehead atoms. The van der Waals surface area contributed by atoms with Crippen molar-refractivity contribution in [2.24, 2.45) is 0 Å². The summed E-state index contributed by atoms with van der Waals surface area (Å²) >= 11 is 6.04. The van der Waals surface area contributed by atoms with Crippen molar-refractivity contribution >= 4 is 29.3 Å². The lowest BCUT2D eigenvalue weighted by Crippen LogP contribution is -2.09. The first-order valence-corrected chi connectivity index (χ1v) is 8.18. The Balaban J connectivity index is 2.14. The van der Waals surface area contributed by atoms with Gasteiger partial charge in [0.25, 0.3) is 0 Å². The highest BCUT2D eigenvalue weighted by atomic mass is 35.5. The topological polar surface area (TPSA) is 56.8 Å². The van der Waals surface area contributed by atoms with Gasteiger partial charge in [0.1, 0.15) is 5.75 Å². The molecule has 0 unspecified atom stereocenters. The number of carbonyl (C=O) groups is 1. The number of hydrogen-bond acceptors (Lipinski definition) is 4. The fourth-order valence-corrected chi connectivity index (χ4v) is 2.41. The van der Waals surface area contributed by atoms with Gasteiger partial charge in [0.05, 0.1) is 19.9 Å². The fraction of sp³-hybridized carbons (Fsp3) is 0.211. The minimum Gasteiger partial charge on any atom is -0.495 e. The van der Waals surface area contributed by atoms with Crippen LogP contribution in [0.5, 0.6) is 17.2 Å². The lowest BCUT2D eigenvalue weighted by atomic mass is 10.1. The highest BCUT2D eigenvalue weighted by Crippen LogP contribution is 2.31. The maximum atomic E-state index is 12.4. The van der Waals surface area contributed by atoms with Crippen molar-refractivity contribution in [3.05, 3.63) is 52.6 Å². The van der Waals surface area contributed by atoms with Crippen molar-refractivity contribution in [3.63, 3.8) is 0 Å². The number of methoxy groups -OCH3 is 2. The lowest BCUT2D eigenvalue weighted by molar-refractivity contribution is -0.111. The van der Waals surface area contributed by atoms with Gasteiger partial charge in [-0.1, -0.05) is 17.7 Å². The molecule has 0 saturated heterocycles. The number of halogens is 3. The third-order valence-electron chi connectivity index (χ3n) is 3.57. The molecule has 0 saturated carbocycles. The second kappa shape index (κ2) is 9.23. The first-order valence-electron chi connectivity index (χ1n) is 7.80. The van der Waals surface area contributed by atoms with Crippen LogP contribution in [0.3, 0.4) is 0 Å². The highest BCUT2D eigenvalue weighted by Gasteiger charge is 2.11. The smallest absolute Gasteiger partial charge is 0.387 e. The Morgan fingerprint density at radius 1 is 1.11 bits per heavy atom. The molecule has 2 rings (SSSR count). The molecule has 2 aromatic rings. The molecule has 144 valence electrons. The van der Waals surface area contributed by atoms with E-state index >= 15 is 0 Å². The highest BCUT2D eigenvalue weighted by molar-refractivity contribution is 6.31. The minimum absolute atomic E-state index is 0.0875. The van der Waals surface area contributed by atoms with Crippen molar-refractivity contribution in [2.75, 3.05) is 19.5 Å². The van der Waals surface area contributed by atoms with Crippen LogP contribution in [0.1, 0.15) is 11.1 Å². The number of rotatable bonds is 7. The minimum atomic E-state index is -2.95. The van der Waals surface area contributed by atoms with Crippen LogP contribution in [0.15, 0.2) is 36.4 Å². The number of hydrogen-bond donors (Lipinski definition) is 1. The van der Waals surface area contributed by atoms with Crippen LogP contribution < -0.4 is 19.5 Å². The molecule has 0 spiro atoms. The summed E-state index contributed by atoms with van der Waals surface area (Å²) in [6.45, 7) is -1.15. The monoisotopic (exact) mass is 397 g/mol. The molecule has 1 N–H and O–H groups in total. The van der Waals surface area contributed by atoms with Crippen molar-refractivity contribution < 1.29 is 27.8 Å². The summed E-state index contributed by atoms with van der Waals surface area (Å²) in [6, 6.07) is 7.66. The number of amides is 1. The average molecular weight is 398 g/mol. The molecular weight excluding hydrogens is 380 g/mol. The van der Waals surface area contributed by atoms with E-state index in [9.17, 15) is 13.6 Å². The van der Waals surface area contributed by atoms with Gasteiger partial charge in [-0.05, 0) is 42.3 Å². The molecule has 5 nitrogen and oxygen atoms in total. The molecule has 27 heavy (non-hydrogen) atoms. The Hall–Kier alpha value is -2.80. The fourth-order valence-electron chi connectivity index (χ4n) is 2.26. The van der Waals surface area contributed by atoms with Crippen LogP contribution in [-0.2, 0) is 4.79 Å². The summed E-state index contributed by atoms with van der Waals surface area (Å²) in [5.74, 6) is 0.0766. The number of ether oxygens (including phenoxy) is 3. The van der Waals surface area contributed by atoms with Crippen molar-refractivity contribution in [1.82, 2.24) is 0 Å². The van der Waals surface area contributed by atoms with Gasteiger partial charge in [-0.15, -0.1) is 0 Å². The van der Waals surface area contributed by atoms with Crippen LogP contribution in [0.2, 0.25) is 5.02 Å². The first-order chi connectivity index (χ1) is 12.8. The largest absolute Gasteiger partial charge is 0.495 e. The van der Waals surface area contributed by atoms with Gasteiger partial charge in [-0.25, -0.2) is 0 Å². The SMILES string of the molecule is COc1cc(Cl)c(C)cc1NC(=O)/C=C/c1ccc(OC(F)F)c(OC)c1. The van der Waals surface area contributed by atoms with E-state index in [0.717, 1.165) is 5.56 Å². The molecule has 0 atom stereocenters. The lowest BCUT2D eigenvalue weighted by Gasteiger charge is -2.11. The molecule has 0 aliphatic rings. The Labute approximate surface area is 160 Å². The van der Waals surface area contributed by atoms with E-state index in [1.807, 2.05) is 6.92 Å². The normalized spacial score (nSPS) is 10.9. The van der Waals surface area contributed by atoms with Gasteiger partial charge >= 0.3 is 6.61 Å². The second-order valence-electron chi connectivity index (χ2n) is 5.41. The summed E-state index contributed by atoms with van der Waals surface area (Å²) in [6.07, 6.45) is 2.81. The van der Waals surface area contributed by atoms with E-state index in [2.05, 4.69) is 10.1 Å². The van der Waals surface area contributed by atoms with E-state index in [1.54, 1.807) is 12.1 Å². The maximum Gasteiger partial charge on any atom is 0.387 e. The summed E-state index contributed by atoms with van der Waals surface area (Å²) in [4.78, 5) is 12.2. The molecule has 0 aromatic heterocycles.